The molecule has 3 aliphatic rings. The Bertz CT molecular complexity index is 999. The number of imide groups is 1. The quantitative estimate of drug-likeness (QED) is 0.735. The van der Waals surface area contributed by atoms with E-state index < -0.39 is 5.54 Å². The average molecular weight is 433 g/mol. The third-order valence-electron chi connectivity index (χ3n) is 7.17. The average Bonchev–Trinajstić information content (AvgIpc) is 3.04. The number of nitrogens with one attached hydrogen (secondary N) is 1. The summed E-state index contributed by atoms with van der Waals surface area (Å²) in [5.74, 6) is -0.0932. The van der Waals surface area contributed by atoms with Gasteiger partial charge < -0.3 is 10.2 Å². The second-order valence-corrected chi connectivity index (χ2v) is 9.56. The van der Waals surface area contributed by atoms with E-state index in [1.807, 2.05) is 24.1 Å². The number of carbonyl (C=O) groups is 2. The van der Waals surface area contributed by atoms with E-state index in [1.54, 1.807) is 0 Å². The molecule has 1 aliphatic carbocycles. The molecule has 0 saturated carbocycles. The molecule has 1 spiro atoms. The van der Waals surface area contributed by atoms with Crippen molar-refractivity contribution in [2.75, 3.05) is 31.7 Å². The maximum atomic E-state index is 13.3. The minimum Gasteiger partial charge on any atom is -0.372 e. The lowest BCUT2D eigenvalue weighted by Gasteiger charge is -2.32. The lowest BCUT2D eigenvalue weighted by Crippen LogP contribution is -2.51. The van der Waals surface area contributed by atoms with Gasteiger partial charge in [-0.3, -0.25) is 9.69 Å². The zero-order valence-corrected chi connectivity index (χ0v) is 18.8. The van der Waals surface area contributed by atoms with Gasteiger partial charge in [0, 0.05) is 31.7 Å². The maximum absolute atomic E-state index is 13.3. The molecule has 32 heavy (non-hydrogen) atoms. The molecule has 2 aliphatic heterocycles. The summed E-state index contributed by atoms with van der Waals surface area (Å²) in [5.41, 5.74) is 4.12. The molecule has 6 nitrogen and oxygen atoms in total. The van der Waals surface area contributed by atoms with Crippen LogP contribution in [0, 0.1) is 0 Å². The molecule has 5 rings (SSSR count). The Labute approximate surface area is 190 Å². The number of rotatable bonds is 5. The Hall–Kier alpha value is -2.86. The molecular formula is C26H32N4O2. The van der Waals surface area contributed by atoms with Crippen molar-refractivity contribution in [1.82, 2.24) is 15.1 Å². The van der Waals surface area contributed by atoms with Gasteiger partial charge in [0.2, 0.25) is 0 Å². The van der Waals surface area contributed by atoms with Gasteiger partial charge in [-0.25, -0.2) is 9.69 Å². The van der Waals surface area contributed by atoms with Gasteiger partial charge in [-0.05, 0) is 68.0 Å². The number of hydrogen-bond acceptors (Lipinski definition) is 4. The van der Waals surface area contributed by atoms with Crippen molar-refractivity contribution < 1.29 is 9.59 Å². The number of nitrogens with zero attached hydrogens (tertiary/aromatic N) is 3. The van der Waals surface area contributed by atoms with Crippen molar-refractivity contribution in [1.29, 1.82) is 0 Å². The normalized spacial score (nSPS) is 23.1. The predicted molar refractivity (Wildman–Crippen MR) is 125 cm³/mol. The van der Waals surface area contributed by atoms with Crippen molar-refractivity contribution in [2.45, 2.75) is 50.6 Å². The van der Waals surface area contributed by atoms with Crippen LogP contribution in [-0.2, 0) is 24.2 Å². The molecule has 168 valence electrons. The fraction of sp³-hybridized carbons (Fsp3) is 0.462. The van der Waals surface area contributed by atoms with E-state index in [9.17, 15) is 9.59 Å². The molecule has 3 amide bonds. The highest BCUT2D eigenvalue weighted by Crippen LogP contribution is 2.33. The highest BCUT2D eigenvalue weighted by molar-refractivity contribution is 6.07. The number of hydrogen-bond donors (Lipinski definition) is 1. The highest BCUT2D eigenvalue weighted by atomic mass is 16.2. The molecule has 1 unspecified atom stereocenters. The first-order valence-corrected chi connectivity index (χ1v) is 11.8. The third-order valence-corrected chi connectivity index (χ3v) is 7.17. The summed E-state index contributed by atoms with van der Waals surface area (Å²) in [7, 11) is 1.96. The van der Waals surface area contributed by atoms with Gasteiger partial charge >= 0.3 is 6.03 Å². The summed E-state index contributed by atoms with van der Waals surface area (Å²) in [5, 5.41) is 3.03. The van der Waals surface area contributed by atoms with Gasteiger partial charge in [-0.15, -0.1) is 0 Å². The van der Waals surface area contributed by atoms with Crippen LogP contribution in [0.1, 0.15) is 42.4 Å². The summed E-state index contributed by atoms with van der Waals surface area (Å²) in [4.78, 5) is 31.9. The standard InChI is InChI=1S/C26H32N4O2/c1-28(18-20-9-11-23(12-10-20)29-15-5-2-6-16-29)19-30-24(31)26(27-25(30)32)14-13-21-7-3-4-8-22(21)17-26/h3-4,7-12H,2,5-6,13-19H2,1H3,(H,27,32). The molecule has 2 heterocycles. The van der Waals surface area contributed by atoms with Crippen molar-refractivity contribution in [2.24, 2.45) is 0 Å². The Morgan fingerprint density at radius 3 is 2.44 bits per heavy atom. The van der Waals surface area contributed by atoms with E-state index in [-0.39, 0.29) is 11.9 Å². The zero-order valence-electron chi connectivity index (χ0n) is 18.8. The first kappa shape index (κ1) is 21.0. The van der Waals surface area contributed by atoms with E-state index in [2.05, 4.69) is 46.6 Å². The summed E-state index contributed by atoms with van der Waals surface area (Å²) < 4.78 is 0. The summed E-state index contributed by atoms with van der Waals surface area (Å²) in [6.07, 6.45) is 5.91. The van der Waals surface area contributed by atoms with Crippen LogP contribution >= 0.6 is 0 Å². The molecular weight excluding hydrogens is 400 g/mol. The Morgan fingerprint density at radius 1 is 0.969 bits per heavy atom. The Morgan fingerprint density at radius 2 is 1.69 bits per heavy atom. The molecule has 2 saturated heterocycles. The van der Waals surface area contributed by atoms with Crippen LogP contribution in [0.15, 0.2) is 48.5 Å². The number of benzene rings is 2. The molecule has 6 heteroatoms. The monoisotopic (exact) mass is 432 g/mol. The zero-order chi connectivity index (χ0) is 22.1. The summed E-state index contributed by atoms with van der Waals surface area (Å²) in [6.45, 7) is 3.25. The van der Waals surface area contributed by atoms with Gasteiger partial charge in [-0.2, -0.15) is 0 Å². The molecule has 0 radical (unpaired) electrons. The van der Waals surface area contributed by atoms with Gasteiger partial charge in [0.25, 0.3) is 5.91 Å². The predicted octanol–water partition coefficient (Wildman–Crippen LogP) is 3.55. The van der Waals surface area contributed by atoms with Gasteiger partial charge in [0.15, 0.2) is 0 Å². The number of fused-ring (bicyclic) bond motifs is 1. The lowest BCUT2D eigenvalue weighted by atomic mass is 9.78. The van der Waals surface area contributed by atoms with E-state index in [0.717, 1.165) is 25.1 Å². The topological polar surface area (TPSA) is 55.9 Å². The fourth-order valence-electron chi connectivity index (χ4n) is 5.40. The number of amides is 3. The first-order chi connectivity index (χ1) is 15.5. The van der Waals surface area contributed by atoms with Crippen molar-refractivity contribution >= 4 is 17.6 Å². The molecule has 2 fully saturated rings. The maximum Gasteiger partial charge on any atom is 0.326 e. The fourth-order valence-corrected chi connectivity index (χ4v) is 5.40. The molecule has 0 aromatic heterocycles. The molecule has 2 aromatic rings. The minimum atomic E-state index is -0.789. The first-order valence-electron chi connectivity index (χ1n) is 11.8. The van der Waals surface area contributed by atoms with Crippen LogP contribution in [0.2, 0.25) is 0 Å². The minimum absolute atomic E-state index is 0.0932. The van der Waals surface area contributed by atoms with Crippen LogP contribution in [0.4, 0.5) is 10.5 Å². The van der Waals surface area contributed by atoms with Crippen LogP contribution in [0.5, 0.6) is 0 Å². The molecule has 2 aromatic carbocycles. The number of carbonyl (C=O) groups excluding carboxylic acids is 2. The van der Waals surface area contributed by atoms with E-state index in [4.69, 9.17) is 0 Å². The van der Waals surface area contributed by atoms with Gasteiger partial charge in [0.05, 0.1) is 6.67 Å². The number of urea groups is 1. The van der Waals surface area contributed by atoms with E-state index in [1.165, 1.54) is 41.0 Å². The Kier molecular flexibility index (Phi) is 5.64. The molecule has 1 N–H and O–H groups in total. The van der Waals surface area contributed by atoms with E-state index >= 15 is 0 Å². The van der Waals surface area contributed by atoms with Crippen LogP contribution in [-0.4, -0.2) is 54.1 Å². The van der Waals surface area contributed by atoms with Crippen LogP contribution in [0.25, 0.3) is 0 Å². The van der Waals surface area contributed by atoms with Crippen LogP contribution in [0.3, 0.4) is 0 Å². The van der Waals surface area contributed by atoms with Crippen molar-refractivity contribution in [3.8, 4) is 0 Å². The van der Waals surface area contributed by atoms with Crippen molar-refractivity contribution in [3.05, 3.63) is 65.2 Å². The SMILES string of the molecule is CN(Cc1ccc(N2CCCCC2)cc1)CN1C(=O)NC2(CCc3ccccc3C2)C1=O. The van der Waals surface area contributed by atoms with Gasteiger partial charge in [0.1, 0.15) is 5.54 Å². The number of anilines is 1. The smallest absolute Gasteiger partial charge is 0.326 e. The summed E-state index contributed by atoms with van der Waals surface area (Å²) >= 11 is 0. The second-order valence-electron chi connectivity index (χ2n) is 9.56. The van der Waals surface area contributed by atoms with Crippen molar-refractivity contribution in [3.63, 3.8) is 0 Å². The highest BCUT2D eigenvalue weighted by Gasteiger charge is 2.52. The van der Waals surface area contributed by atoms with Gasteiger partial charge in [-0.1, -0.05) is 36.4 Å². The van der Waals surface area contributed by atoms with E-state index in [0.29, 0.717) is 26.1 Å². The second kappa shape index (κ2) is 8.58. The molecule has 0 bridgehead atoms. The molecule has 1 atom stereocenters. The summed E-state index contributed by atoms with van der Waals surface area (Å²) in [6, 6.07) is 16.6. The largest absolute Gasteiger partial charge is 0.372 e. The number of piperidine rings is 1. The third kappa shape index (κ3) is 3.99. The Balaban J connectivity index is 1.21. The lowest BCUT2D eigenvalue weighted by molar-refractivity contribution is -0.133. The van der Waals surface area contributed by atoms with Crippen LogP contribution < -0.4 is 10.2 Å². The number of aryl methyl sites for hydroxylation is 1.